The second-order valence-electron chi connectivity index (χ2n) is 2.48. The Kier molecular flexibility index (Phi) is 13.2. The summed E-state index contributed by atoms with van der Waals surface area (Å²) < 4.78 is 10.6. The Bertz CT molecular complexity index is 190. The maximum Gasteiger partial charge on any atom is 0.321 e. The lowest BCUT2D eigenvalue weighted by molar-refractivity contribution is -0.137. The zero-order valence-corrected chi connectivity index (χ0v) is 10.2. The molecule has 1 atom stereocenters. The van der Waals surface area contributed by atoms with Crippen molar-refractivity contribution in [1.29, 1.82) is 0 Å². The summed E-state index contributed by atoms with van der Waals surface area (Å²) in [6.07, 6.45) is 3.30. The summed E-state index contributed by atoms with van der Waals surface area (Å²) in [7, 11) is 0. The molecule has 0 saturated carbocycles. The van der Waals surface area contributed by atoms with Crippen molar-refractivity contribution in [2.45, 2.75) is 6.04 Å². The third-order valence-electron chi connectivity index (χ3n) is 1.12. The van der Waals surface area contributed by atoms with E-state index in [-0.39, 0.29) is 5.75 Å². The van der Waals surface area contributed by atoms with Crippen molar-refractivity contribution in [2.24, 2.45) is 5.73 Å². The Morgan fingerprint density at radius 2 is 1.93 bits per heavy atom. The van der Waals surface area contributed by atoms with Gasteiger partial charge in [-0.3, -0.25) is 4.79 Å². The van der Waals surface area contributed by atoms with Crippen molar-refractivity contribution < 1.29 is 14.5 Å². The second kappa shape index (κ2) is 11.6. The van der Waals surface area contributed by atoms with E-state index < -0.39 is 23.2 Å². The van der Waals surface area contributed by atoms with Gasteiger partial charge in [0, 0.05) is 5.75 Å². The Balaban J connectivity index is 0. The summed E-state index contributed by atoms with van der Waals surface area (Å²) in [6, 6.07) is -0.816. The average molecular weight is 251 g/mol. The van der Waals surface area contributed by atoms with Gasteiger partial charge in [-0.15, -0.1) is 0 Å². The van der Waals surface area contributed by atoms with Gasteiger partial charge in [0.2, 0.25) is 0 Å². The smallest absolute Gasteiger partial charge is 0.321 e. The molecule has 0 rings (SSSR count). The van der Waals surface area contributed by atoms with E-state index in [0.717, 1.165) is 0 Å². The molecule has 0 saturated heterocycles. The van der Waals surface area contributed by atoms with Gasteiger partial charge in [0.1, 0.15) is 17.5 Å². The molecule has 3 N–H and O–H groups in total. The Morgan fingerprint density at radius 1 is 1.53 bits per heavy atom. The maximum absolute atomic E-state index is 10.6. The highest BCUT2D eigenvalue weighted by atomic mass is 32.2. The quantitative estimate of drug-likeness (QED) is 0.363. The van der Waals surface area contributed by atoms with Crippen molar-refractivity contribution in [3.63, 3.8) is 0 Å². The number of carboxylic acid groups (broad SMARTS) is 1. The van der Waals surface area contributed by atoms with Crippen molar-refractivity contribution in [1.82, 2.24) is 0 Å². The number of thiol groups is 1. The maximum atomic E-state index is 10.6. The standard InChI is InChI=1S/C6H10OS.C3H7NO2S/c1-3-5-8(7)6-4-2;4-2(1-7)3(5)6/h3-4H,1-2,5-6H2;2,7H,1,4H2,(H,5,6). The molecule has 0 fully saturated rings. The summed E-state index contributed by atoms with van der Waals surface area (Å²) in [5, 5.41) is 8.01. The third-order valence-corrected chi connectivity index (χ3v) is 2.73. The molecular weight excluding hydrogens is 234 g/mol. The van der Waals surface area contributed by atoms with Crippen LogP contribution in [0.3, 0.4) is 0 Å². The summed E-state index contributed by atoms with van der Waals surface area (Å²) in [5.74, 6) is 0.336. The van der Waals surface area contributed by atoms with Gasteiger partial charge in [0.15, 0.2) is 0 Å². The highest BCUT2D eigenvalue weighted by Crippen LogP contribution is 1.89. The molecule has 0 aromatic rings. The van der Waals surface area contributed by atoms with E-state index in [0.29, 0.717) is 11.5 Å². The van der Waals surface area contributed by atoms with E-state index in [1.54, 1.807) is 12.2 Å². The number of carboxylic acids is 1. The average Bonchev–Trinajstić information content (AvgIpc) is 2.18. The van der Waals surface area contributed by atoms with Crippen LogP contribution in [0.4, 0.5) is 0 Å². The molecule has 0 aliphatic heterocycles. The summed E-state index contributed by atoms with van der Waals surface area (Å²) in [6.45, 7) is 6.91. The van der Waals surface area contributed by atoms with Gasteiger partial charge in [-0.1, -0.05) is 13.2 Å². The molecule has 0 aromatic carbocycles. The van der Waals surface area contributed by atoms with E-state index in [9.17, 15) is 9.35 Å². The highest BCUT2D eigenvalue weighted by molar-refractivity contribution is 7.91. The molecule has 0 aromatic heterocycles. The molecule has 1 unspecified atom stereocenters. The molecule has 15 heavy (non-hydrogen) atoms. The van der Waals surface area contributed by atoms with Crippen molar-refractivity contribution in [3.05, 3.63) is 25.3 Å². The minimum absolute atomic E-state index is 0.190. The van der Waals surface area contributed by atoms with Crippen LogP contribution in [-0.4, -0.2) is 38.9 Å². The van der Waals surface area contributed by atoms with Crippen LogP contribution in [0.15, 0.2) is 25.3 Å². The monoisotopic (exact) mass is 251 g/mol. The van der Waals surface area contributed by atoms with Crippen LogP contribution in [0.2, 0.25) is 0 Å². The Labute approximate surface area is 98.8 Å². The summed E-state index contributed by atoms with van der Waals surface area (Å²) in [5.41, 5.74) is 4.94. The first-order chi connectivity index (χ1) is 6.99. The van der Waals surface area contributed by atoms with E-state index in [2.05, 4.69) is 25.8 Å². The zero-order chi connectivity index (χ0) is 12.3. The van der Waals surface area contributed by atoms with Gasteiger partial charge in [-0.25, -0.2) is 0 Å². The fourth-order valence-corrected chi connectivity index (χ4v) is 1.23. The Hall–Kier alpha value is -0.430. The molecule has 0 aliphatic carbocycles. The van der Waals surface area contributed by atoms with Crippen LogP contribution in [0.5, 0.6) is 0 Å². The van der Waals surface area contributed by atoms with Crippen LogP contribution in [0.25, 0.3) is 0 Å². The lowest BCUT2D eigenvalue weighted by Gasteiger charge is -2.03. The van der Waals surface area contributed by atoms with Gasteiger partial charge >= 0.3 is 5.97 Å². The van der Waals surface area contributed by atoms with Crippen molar-refractivity contribution in [2.75, 3.05) is 17.3 Å². The van der Waals surface area contributed by atoms with E-state index in [4.69, 9.17) is 10.8 Å². The van der Waals surface area contributed by atoms with Crippen LogP contribution >= 0.6 is 12.6 Å². The van der Waals surface area contributed by atoms with Gasteiger partial charge in [-0.2, -0.15) is 12.6 Å². The van der Waals surface area contributed by atoms with Crippen LogP contribution in [-0.2, 0) is 16.0 Å². The number of carbonyl (C=O) groups is 1. The largest absolute Gasteiger partial charge is 0.616 e. The lowest BCUT2D eigenvalue weighted by atomic mass is 10.4. The first-order valence-electron chi connectivity index (χ1n) is 4.15. The van der Waals surface area contributed by atoms with Gasteiger partial charge < -0.3 is 15.4 Å². The molecule has 0 bridgehead atoms. The number of rotatable bonds is 6. The molecule has 0 aliphatic rings. The third kappa shape index (κ3) is 13.6. The van der Waals surface area contributed by atoms with Crippen molar-refractivity contribution >= 4 is 29.8 Å². The van der Waals surface area contributed by atoms with Gasteiger partial charge in [0.05, 0.1) is 0 Å². The van der Waals surface area contributed by atoms with Crippen LogP contribution in [0, 0.1) is 0 Å². The molecule has 0 amide bonds. The first kappa shape index (κ1) is 17.0. The van der Waals surface area contributed by atoms with Crippen LogP contribution in [0.1, 0.15) is 0 Å². The normalized spacial score (nSPS) is 11.2. The lowest BCUT2D eigenvalue weighted by Crippen LogP contribution is -2.31. The van der Waals surface area contributed by atoms with Gasteiger partial charge in [0.25, 0.3) is 0 Å². The van der Waals surface area contributed by atoms with E-state index in [1.165, 1.54) is 0 Å². The minimum Gasteiger partial charge on any atom is -0.616 e. The molecule has 0 radical (unpaired) electrons. The fraction of sp³-hybridized carbons (Fsp3) is 0.444. The molecule has 0 spiro atoms. The molecular formula is C9H17NO3S2. The van der Waals surface area contributed by atoms with Crippen LogP contribution < -0.4 is 5.73 Å². The molecule has 4 nitrogen and oxygen atoms in total. The molecule has 0 heterocycles. The van der Waals surface area contributed by atoms with Gasteiger partial charge in [-0.05, 0) is 23.3 Å². The summed E-state index contributed by atoms with van der Waals surface area (Å²) in [4.78, 5) is 9.76. The first-order valence-corrected chi connectivity index (χ1v) is 6.27. The second-order valence-corrected chi connectivity index (χ2v) is 4.39. The van der Waals surface area contributed by atoms with Crippen molar-refractivity contribution in [3.8, 4) is 0 Å². The molecule has 6 heteroatoms. The van der Waals surface area contributed by atoms with E-state index in [1.807, 2.05) is 0 Å². The number of nitrogens with two attached hydrogens (primary N) is 1. The predicted octanol–water partition coefficient (Wildman–Crippen LogP) is 0.435. The topological polar surface area (TPSA) is 86.4 Å². The fourth-order valence-electron chi connectivity index (χ4n) is 0.409. The van der Waals surface area contributed by atoms with E-state index >= 15 is 0 Å². The number of hydrogen-bond donors (Lipinski definition) is 3. The SMILES string of the molecule is C=CC[S+]([O-])CC=C.NC(CS)C(=O)O. The number of aliphatic carboxylic acids is 1. The summed E-state index contributed by atoms with van der Waals surface area (Å²) >= 11 is 2.89. The highest BCUT2D eigenvalue weighted by Gasteiger charge is 2.06. The minimum atomic E-state index is -1.00. The zero-order valence-electron chi connectivity index (χ0n) is 8.46. The predicted molar refractivity (Wildman–Crippen MR) is 67.7 cm³/mol. The Morgan fingerprint density at radius 3 is 2.07 bits per heavy atom. The number of hydrogen-bond acceptors (Lipinski definition) is 4. The molecule has 88 valence electrons.